The van der Waals surface area contributed by atoms with Gasteiger partial charge in [0, 0.05) is 0 Å². The summed E-state index contributed by atoms with van der Waals surface area (Å²) >= 11 is 0. The lowest BCUT2D eigenvalue weighted by Gasteiger charge is -2.09. The Balaban J connectivity index is 2.58. The quantitative estimate of drug-likeness (QED) is 0.732. The largest absolute Gasteiger partial charge is 0.519 e. The molecular weight excluding hydrogens is 188 g/mol. The molecule has 1 N–H and O–H groups in total. The minimum absolute atomic E-state index is 0.0291. The van der Waals surface area contributed by atoms with Crippen molar-refractivity contribution in [2.75, 3.05) is 0 Å². The second kappa shape index (κ2) is 4.15. The standard InChI is InChI=1S/C9H12O5/c1-5(10)6(2)12-4-8-7(3)13-9(11)14-8/h5,10H,2,4H2,1,3H3. The Morgan fingerprint density at radius 2 is 2.29 bits per heavy atom. The average Bonchev–Trinajstić information content (AvgIpc) is 2.40. The van der Waals surface area contributed by atoms with Crippen molar-refractivity contribution in [3.63, 3.8) is 0 Å². The first-order chi connectivity index (χ1) is 6.50. The number of hydrogen-bond acceptors (Lipinski definition) is 5. The fourth-order valence-corrected chi connectivity index (χ4v) is 0.785. The molecule has 0 aromatic carbocycles. The lowest BCUT2D eigenvalue weighted by atomic mass is 10.3. The van der Waals surface area contributed by atoms with E-state index in [1.807, 2.05) is 0 Å². The molecule has 1 atom stereocenters. The van der Waals surface area contributed by atoms with Crippen LogP contribution in [0.15, 0.2) is 26.0 Å². The number of aryl methyl sites for hydroxylation is 1. The highest BCUT2D eigenvalue weighted by atomic mass is 16.6. The van der Waals surface area contributed by atoms with Crippen molar-refractivity contribution >= 4 is 0 Å². The maximum absolute atomic E-state index is 10.6. The molecule has 1 heterocycles. The van der Waals surface area contributed by atoms with Crippen LogP contribution in [-0.4, -0.2) is 11.2 Å². The van der Waals surface area contributed by atoms with Gasteiger partial charge in [-0.05, 0) is 13.8 Å². The maximum Gasteiger partial charge on any atom is 0.519 e. The van der Waals surface area contributed by atoms with E-state index in [0.29, 0.717) is 11.5 Å². The van der Waals surface area contributed by atoms with Crippen LogP contribution >= 0.6 is 0 Å². The van der Waals surface area contributed by atoms with Crippen molar-refractivity contribution in [2.45, 2.75) is 26.6 Å². The third-order valence-electron chi connectivity index (χ3n) is 1.69. The predicted octanol–water partition coefficient (Wildman–Crippen LogP) is 0.952. The molecule has 0 amide bonds. The summed E-state index contributed by atoms with van der Waals surface area (Å²) in [7, 11) is 0. The topological polar surface area (TPSA) is 72.8 Å². The summed E-state index contributed by atoms with van der Waals surface area (Å²) in [5, 5.41) is 9.03. The zero-order chi connectivity index (χ0) is 10.7. The molecule has 14 heavy (non-hydrogen) atoms. The SMILES string of the molecule is C=C(OCc1oc(=O)oc1C)C(C)O. The van der Waals surface area contributed by atoms with Crippen LogP contribution in [0.1, 0.15) is 18.4 Å². The zero-order valence-corrected chi connectivity index (χ0v) is 8.07. The van der Waals surface area contributed by atoms with Gasteiger partial charge in [0.1, 0.15) is 18.5 Å². The van der Waals surface area contributed by atoms with Gasteiger partial charge in [-0.3, -0.25) is 0 Å². The lowest BCUT2D eigenvalue weighted by Crippen LogP contribution is -2.07. The van der Waals surface area contributed by atoms with Crippen molar-refractivity contribution < 1.29 is 18.7 Å². The first kappa shape index (κ1) is 10.6. The third kappa shape index (κ3) is 2.50. The van der Waals surface area contributed by atoms with Crippen molar-refractivity contribution in [1.29, 1.82) is 0 Å². The molecule has 0 spiro atoms. The van der Waals surface area contributed by atoms with Gasteiger partial charge in [0.05, 0.1) is 0 Å². The van der Waals surface area contributed by atoms with E-state index in [1.165, 1.54) is 6.92 Å². The van der Waals surface area contributed by atoms with Gasteiger partial charge in [0.25, 0.3) is 0 Å². The monoisotopic (exact) mass is 200 g/mol. The van der Waals surface area contributed by atoms with Gasteiger partial charge < -0.3 is 18.7 Å². The highest BCUT2D eigenvalue weighted by Crippen LogP contribution is 2.10. The summed E-state index contributed by atoms with van der Waals surface area (Å²) in [6, 6.07) is 0. The molecule has 0 aliphatic carbocycles. The predicted molar refractivity (Wildman–Crippen MR) is 47.6 cm³/mol. The summed E-state index contributed by atoms with van der Waals surface area (Å²) in [6.45, 7) is 6.63. The van der Waals surface area contributed by atoms with E-state index in [0.717, 1.165) is 0 Å². The van der Waals surface area contributed by atoms with Crippen LogP contribution in [-0.2, 0) is 11.3 Å². The molecule has 78 valence electrons. The lowest BCUT2D eigenvalue weighted by molar-refractivity contribution is 0.0964. The highest BCUT2D eigenvalue weighted by molar-refractivity contribution is 5.00. The number of hydrogen-bond donors (Lipinski definition) is 1. The number of ether oxygens (including phenoxy) is 1. The van der Waals surface area contributed by atoms with E-state index >= 15 is 0 Å². The van der Waals surface area contributed by atoms with E-state index in [-0.39, 0.29) is 12.4 Å². The van der Waals surface area contributed by atoms with Crippen LogP contribution in [0.2, 0.25) is 0 Å². The second-order valence-electron chi connectivity index (χ2n) is 2.86. The highest BCUT2D eigenvalue weighted by Gasteiger charge is 2.10. The molecule has 0 aliphatic rings. The van der Waals surface area contributed by atoms with E-state index in [4.69, 9.17) is 9.84 Å². The Labute approximate surface area is 80.6 Å². The summed E-state index contributed by atoms with van der Waals surface area (Å²) in [5.74, 6) is 0.127. The van der Waals surface area contributed by atoms with E-state index in [2.05, 4.69) is 15.4 Å². The Hall–Kier alpha value is -1.49. The number of aliphatic hydroxyl groups is 1. The zero-order valence-electron chi connectivity index (χ0n) is 8.07. The Morgan fingerprint density at radius 3 is 2.71 bits per heavy atom. The molecule has 0 fully saturated rings. The summed E-state index contributed by atoms with van der Waals surface area (Å²) in [5.41, 5.74) is 0. The second-order valence-corrected chi connectivity index (χ2v) is 2.86. The van der Waals surface area contributed by atoms with Crippen molar-refractivity contribution in [2.24, 2.45) is 0 Å². The molecule has 0 aliphatic heterocycles. The fraction of sp³-hybridized carbons (Fsp3) is 0.444. The van der Waals surface area contributed by atoms with Gasteiger partial charge in [0.2, 0.25) is 0 Å². The molecule has 0 bridgehead atoms. The first-order valence-corrected chi connectivity index (χ1v) is 4.09. The van der Waals surface area contributed by atoms with Crippen LogP contribution in [0.3, 0.4) is 0 Å². The van der Waals surface area contributed by atoms with Crippen LogP contribution < -0.4 is 5.82 Å². The Morgan fingerprint density at radius 1 is 1.64 bits per heavy atom. The molecule has 0 radical (unpaired) electrons. The van der Waals surface area contributed by atoms with Gasteiger partial charge in [0.15, 0.2) is 11.5 Å². The molecule has 1 rings (SSSR count). The van der Waals surface area contributed by atoms with Crippen molar-refractivity contribution in [3.8, 4) is 0 Å². The summed E-state index contributed by atoms with van der Waals surface area (Å²) in [4.78, 5) is 10.6. The minimum Gasteiger partial charge on any atom is -0.488 e. The molecule has 0 saturated heterocycles. The van der Waals surface area contributed by atoms with Gasteiger partial charge in [-0.25, -0.2) is 4.79 Å². The van der Waals surface area contributed by atoms with Crippen LogP contribution in [0.25, 0.3) is 0 Å². The summed E-state index contributed by atoms with van der Waals surface area (Å²) in [6.07, 6.45) is -0.756. The van der Waals surface area contributed by atoms with Gasteiger partial charge >= 0.3 is 5.82 Å². The van der Waals surface area contributed by atoms with E-state index < -0.39 is 11.9 Å². The van der Waals surface area contributed by atoms with Crippen LogP contribution in [0, 0.1) is 6.92 Å². The van der Waals surface area contributed by atoms with Gasteiger partial charge in [-0.2, -0.15) is 0 Å². The van der Waals surface area contributed by atoms with Crippen molar-refractivity contribution in [3.05, 3.63) is 34.5 Å². The van der Waals surface area contributed by atoms with Gasteiger partial charge in [-0.1, -0.05) is 6.58 Å². The fourth-order valence-electron chi connectivity index (χ4n) is 0.785. The molecule has 1 aromatic rings. The number of rotatable bonds is 4. The molecule has 5 heteroatoms. The van der Waals surface area contributed by atoms with E-state index in [9.17, 15) is 4.79 Å². The summed E-state index contributed by atoms with van der Waals surface area (Å²) < 4.78 is 14.3. The first-order valence-electron chi connectivity index (χ1n) is 4.09. The Bertz CT molecular complexity index is 371. The maximum atomic E-state index is 10.6. The normalized spacial score (nSPS) is 12.5. The average molecular weight is 200 g/mol. The molecular formula is C9H12O5. The Kier molecular flexibility index (Phi) is 3.14. The molecule has 1 unspecified atom stereocenters. The number of aliphatic hydroxyl groups excluding tert-OH is 1. The molecule has 1 aromatic heterocycles. The minimum atomic E-state index is -0.760. The van der Waals surface area contributed by atoms with Crippen LogP contribution in [0.4, 0.5) is 0 Å². The molecule has 5 nitrogen and oxygen atoms in total. The third-order valence-corrected chi connectivity index (χ3v) is 1.69. The van der Waals surface area contributed by atoms with Gasteiger partial charge in [-0.15, -0.1) is 0 Å². The van der Waals surface area contributed by atoms with Crippen molar-refractivity contribution in [1.82, 2.24) is 0 Å². The van der Waals surface area contributed by atoms with E-state index in [1.54, 1.807) is 6.92 Å². The van der Waals surface area contributed by atoms with Crippen LogP contribution in [0.5, 0.6) is 0 Å². The smallest absolute Gasteiger partial charge is 0.488 e. The molecule has 0 saturated carbocycles.